The van der Waals surface area contributed by atoms with E-state index >= 15 is 0 Å². The normalized spacial score (nSPS) is 11.0. The summed E-state index contributed by atoms with van der Waals surface area (Å²) >= 11 is 0. The van der Waals surface area contributed by atoms with Crippen LogP contribution in [0.4, 0.5) is 5.69 Å². The SMILES string of the molecule is COc1cccc(NC(=O)CC(=O)NN=Cc2c3ccccc3cc3ccccc23)c1. The first-order valence-electron chi connectivity index (χ1n) is 9.80. The van der Waals surface area contributed by atoms with Crippen LogP contribution in [0.15, 0.2) is 84.0 Å². The maximum absolute atomic E-state index is 12.2. The maximum Gasteiger partial charge on any atom is 0.249 e. The summed E-state index contributed by atoms with van der Waals surface area (Å²) in [6.45, 7) is 0. The van der Waals surface area contributed by atoms with Gasteiger partial charge in [0, 0.05) is 17.3 Å². The summed E-state index contributed by atoms with van der Waals surface area (Å²) < 4.78 is 5.12. The predicted molar refractivity (Wildman–Crippen MR) is 123 cm³/mol. The molecule has 0 spiro atoms. The highest BCUT2D eigenvalue weighted by Crippen LogP contribution is 2.27. The molecule has 31 heavy (non-hydrogen) atoms. The highest BCUT2D eigenvalue weighted by molar-refractivity contribution is 6.13. The standard InChI is InChI=1S/C25H21N3O3/c1-31-20-10-6-9-19(14-20)27-24(29)15-25(30)28-26-16-23-21-11-4-2-7-17(21)13-18-8-3-5-12-22(18)23/h2-14,16H,15H2,1H3,(H,27,29)(H,28,30). The minimum Gasteiger partial charge on any atom is -0.497 e. The number of hydrazone groups is 1. The predicted octanol–water partition coefficient (Wildman–Crippen LogP) is 4.48. The van der Waals surface area contributed by atoms with Gasteiger partial charge in [-0.3, -0.25) is 9.59 Å². The molecule has 154 valence electrons. The minimum absolute atomic E-state index is 0.342. The van der Waals surface area contributed by atoms with Gasteiger partial charge in [0.15, 0.2) is 0 Å². The van der Waals surface area contributed by atoms with Crippen LogP contribution in [0.1, 0.15) is 12.0 Å². The lowest BCUT2D eigenvalue weighted by molar-refractivity contribution is -0.126. The Morgan fingerprint density at radius 1 is 0.871 bits per heavy atom. The average Bonchev–Trinajstić information content (AvgIpc) is 2.78. The van der Waals surface area contributed by atoms with E-state index in [2.05, 4.69) is 21.9 Å². The van der Waals surface area contributed by atoms with Gasteiger partial charge in [0.2, 0.25) is 11.8 Å². The number of ether oxygens (including phenoxy) is 1. The molecule has 0 heterocycles. The van der Waals surface area contributed by atoms with Crippen molar-refractivity contribution in [3.8, 4) is 5.75 Å². The highest BCUT2D eigenvalue weighted by Gasteiger charge is 2.10. The zero-order chi connectivity index (χ0) is 21.6. The Morgan fingerprint density at radius 2 is 1.55 bits per heavy atom. The van der Waals surface area contributed by atoms with E-state index in [0.717, 1.165) is 27.1 Å². The first-order chi connectivity index (χ1) is 15.1. The molecule has 0 aliphatic rings. The van der Waals surface area contributed by atoms with Crippen LogP contribution in [0.5, 0.6) is 5.75 Å². The van der Waals surface area contributed by atoms with Crippen molar-refractivity contribution in [1.29, 1.82) is 0 Å². The minimum atomic E-state index is -0.499. The summed E-state index contributed by atoms with van der Waals surface area (Å²) in [6.07, 6.45) is 1.29. The lowest BCUT2D eigenvalue weighted by Crippen LogP contribution is -2.24. The molecule has 6 heteroatoms. The second kappa shape index (κ2) is 9.09. The quantitative estimate of drug-likeness (QED) is 0.212. The smallest absolute Gasteiger partial charge is 0.249 e. The van der Waals surface area contributed by atoms with Gasteiger partial charge >= 0.3 is 0 Å². The number of hydrogen-bond acceptors (Lipinski definition) is 4. The summed E-state index contributed by atoms with van der Waals surface area (Å²) in [5.41, 5.74) is 3.91. The number of nitrogens with zero attached hydrogens (tertiary/aromatic N) is 1. The largest absolute Gasteiger partial charge is 0.497 e. The van der Waals surface area contributed by atoms with Crippen molar-refractivity contribution in [3.05, 3.63) is 84.4 Å². The second-order valence-corrected chi connectivity index (χ2v) is 6.98. The third-order valence-corrected chi connectivity index (χ3v) is 4.87. The number of anilines is 1. The van der Waals surface area contributed by atoms with E-state index in [9.17, 15) is 9.59 Å². The molecule has 6 nitrogen and oxygen atoms in total. The van der Waals surface area contributed by atoms with Gasteiger partial charge in [-0.1, -0.05) is 54.6 Å². The Hall–Kier alpha value is -4.19. The summed E-state index contributed by atoms with van der Waals surface area (Å²) in [4.78, 5) is 24.3. The van der Waals surface area contributed by atoms with E-state index in [4.69, 9.17) is 4.74 Å². The molecule has 0 saturated heterocycles. The molecule has 4 aromatic carbocycles. The Bertz CT molecular complexity index is 1240. The van der Waals surface area contributed by atoms with Crippen molar-refractivity contribution in [1.82, 2.24) is 5.43 Å². The van der Waals surface area contributed by atoms with Crippen LogP contribution in [-0.4, -0.2) is 25.1 Å². The third-order valence-electron chi connectivity index (χ3n) is 4.87. The molecule has 0 aliphatic heterocycles. The van der Waals surface area contributed by atoms with Crippen molar-refractivity contribution in [2.75, 3.05) is 12.4 Å². The van der Waals surface area contributed by atoms with Gasteiger partial charge < -0.3 is 10.1 Å². The van der Waals surface area contributed by atoms with E-state index < -0.39 is 11.8 Å². The number of nitrogens with one attached hydrogen (secondary N) is 2. The van der Waals surface area contributed by atoms with Crippen LogP contribution in [-0.2, 0) is 9.59 Å². The number of rotatable bonds is 6. The number of carbonyl (C=O) groups is 2. The summed E-state index contributed by atoms with van der Waals surface area (Å²) in [6, 6.07) is 25.1. The molecule has 2 amide bonds. The lowest BCUT2D eigenvalue weighted by Gasteiger charge is -2.08. The highest BCUT2D eigenvalue weighted by atomic mass is 16.5. The van der Waals surface area contributed by atoms with Gasteiger partial charge in [-0.05, 0) is 39.7 Å². The molecule has 0 bridgehead atoms. The fourth-order valence-electron chi connectivity index (χ4n) is 3.45. The monoisotopic (exact) mass is 411 g/mol. The van der Waals surface area contributed by atoms with Crippen molar-refractivity contribution >= 4 is 45.3 Å². The first kappa shape index (κ1) is 20.1. The van der Waals surface area contributed by atoms with Gasteiger partial charge in [-0.25, -0.2) is 5.43 Å². The van der Waals surface area contributed by atoms with E-state index in [1.54, 1.807) is 37.6 Å². The topological polar surface area (TPSA) is 79.8 Å². The Morgan fingerprint density at radius 3 is 2.23 bits per heavy atom. The molecule has 0 saturated carbocycles. The van der Waals surface area contributed by atoms with Crippen LogP contribution in [0.2, 0.25) is 0 Å². The van der Waals surface area contributed by atoms with Crippen molar-refractivity contribution in [2.24, 2.45) is 5.10 Å². The molecule has 0 aromatic heterocycles. The lowest BCUT2D eigenvalue weighted by atomic mass is 9.97. The molecule has 4 rings (SSSR count). The number of amides is 2. The number of methoxy groups -OCH3 is 1. The average molecular weight is 411 g/mol. The van der Waals surface area contributed by atoms with Crippen molar-refractivity contribution in [2.45, 2.75) is 6.42 Å². The summed E-state index contributed by atoms with van der Waals surface area (Å²) in [7, 11) is 1.55. The first-order valence-corrected chi connectivity index (χ1v) is 9.80. The Labute approximate surface area is 179 Å². The number of hydrogen-bond donors (Lipinski definition) is 2. The Kier molecular flexibility index (Phi) is 5.89. The fraction of sp³-hybridized carbons (Fsp3) is 0.0800. The Balaban J connectivity index is 1.46. The summed E-state index contributed by atoms with van der Waals surface area (Å²) in [5, 5.41) is 11.0. The van der Waals surface area contributed by atoms with Gasteiger partial charge in [0.25, 0.3) is 0 Å². The fourth-order valence-corrected chi connectivity index (χ4v) is 3.45. The van der Waals surface area contributed by atoms with Crippen LogP contribution < -0.4 is 15.5 Å². The molecule has 0 aliphatic carbocycles. The van der Waals surface area contributed by atoms with E-state index in [0.29, 0.717) is 11.4 Å². The van der Waals surface area contributed by atoms with Gasteiger partial charge in [-0.2, -0.15) is 5.10 Å². The van der Waals surface area contributed by atoms with Crippen LogP contribution in [0.3, 0.4) is 0 Å². The third kappa shape index (κ3) is 4.70. The van der Waals surface area contributed by atoms with E-state index in [1.807, 2.05) is 48.5 Å². The van der Waals surface area contributed by atoms with Gasteiger partial charge in [0.05, 0.1) is 13.3 Å². The number of fused-ring (bicyclic) bond motifs is 2. The molecular formula is C25H21N3O3. The number of carbonyl (C=O) groups excluding carboxylic acids is 2. The van der Waals surface area contributed by atoms with Crippen molar-refractivity contribution in [3.63, 3.8) is 0 Å². The number of benzene rings is 4. The van der Waals surface area contributed by atoms with Crippen molar-refractivity contribution < 1.29 is 14.3 Å². The molecule has 0 fully saturated rings. The van der Waals surface area contributed by atoms with Crippen LogP contribution in [0.25, 0.3) is 21.5 Å². The maximum atomic E-state index is 12.2. The molecule has 2 N–H and O–H groups in total. The molecule has 0 unspecified atom stereocenters. The molecule has 0 atom stereocenters. The van der Waals surface area contributed by atoms with Gasteiger partial charge in [0.1, 0.15) is 12.2 Å². The van der Waals surface area contributed by atoms with Crippen LogP contribution >= 0.6 is 0 Å². The van der Waals surface area contributed by atoms with E-state index in [1.165, 1.54) is 0 Å². The summed E-state index contributed by atoms with van der Waals surface area (Å²) in [5.74, 6) is -0.313. The molecular weight excluding hydrogens is 390 g/mol. The zero-order valence-corrected chi connectivity index (χ0v) is 17.0. The zero-order valence-electron chi connectivity index (χ0n) is 17.0. The van der Waals surface area contributed by atoms with Gasteiger partial charge in [-0.15, -0.1) is 0 Å². The van der Waals surface area contributed by atoms with E-state index in [-0.39, 0.29) is 6.42 Å². The molecule has 0 radical (unpaired) electrons. The molecule has 4 aromatic rings. The second-order valence-electron chi connectivity index (χ2n) is 6.98. The van der Waals surface area contributed by atoms with Crippen LogP contribution in [0, 0.1) is 0 Å².